The maximum atomic E-state index is 5.57. The smallest absolute Gasteiger partial charge is 0.364 e. The molecular formula is C9H9ClN2O. The Balaban J connectivity index is 0.000000845. The van der Waals surface area contributed by atoms with Crippen molar-refractivity contribution in [2.75, 3.05) is 5.73 Å². The van der Waals surface area contributed by atoms with E-state index in [0.29, 0.717) is 11.2 Å². The van der Waals surface area contributed by atoms with Crippen LogP contribution >= 0.6 is 0 Å². The van der Waals surface area contributed by atoms with Crippen LogP contribution in [0.15, 0.2) is 34.7 Å². The quantitative estimate of drug-likeness (QED) is 0.433. The molecule has 4 N–H and O–H groups in total. The van der Waals surface area contributed by atoms with Crippen molar-refractivity contribution in [3.63, 3.8) is 0 Å². The van der Waals surface area contributed by atoms with Crippen LogP contribution in [0.25, 0.3) is 11.0 Å². The molecule has 1 aromatic carbocycles. The predicted octanol–water partition coefficient (Wildman–Crippen LogP) is -3.32. The Labute approximate surface area is 81.1 Å². The van der Waals surface area contributed by atoms with Crippen molar-refractivity contribution in [3.05, 3.63) is 35.9 Å². The molecule has 0 unspecified atom stereocenters. The van der Waals surface area contributed by atoms with Crippen molar-refractivity contribution in [1.82, 2.24) is 0 Å². The molecule has 1 aromatic heterocycles. The number of rotatable bonds is 0. The maximum absolute atomic E-state index is 5.57. The molecule has 2 rings (SSSR count). The van der Waals surface area contributed by atoms with Crippen LogP contribution in [0, 0.1) is 0 Å². The largest absolute Gasteiger partial charge is 1.00 e. The predicted molar refractivity (Wildman–Crippen MR) is 45.7 cm³/mol. The summed E-state index contributed by atoms with van der Waals surface area (Å²) in [6, 6.07) is 9.10. The van der Waals surface area contributed by atoms with Gasteiger partial charge in [-0.25, -0.2) is 5.41 Å². The van der Waals surface area contributed by atoms with Gasteiger partial charge in [-0.3, -0.25) is 0 Å². The van der Waals surface area contributed by atoms with E-state index in [9.17, 15) is 0 Å². The molecular weight excluding hydrogens is 188 g/mol. The Hall–Kier alpha value is -1.48. The second-order valence-electron chi connectivity index (χ2n) is 2.64. The first kappa shape index (κ1) is 9.61. The summed E-state index contributed by atoms with van der Waals surface area (Å²) < 4.78 is 5.24. The highest BCUT2D eigenvalue weighted by atomic mass is 35.5. The third kappa shape index (κ3) is 1.81. The molecule has 0 saturated heterocycles. The van der Waals surface area contributed by atoms with Crippen molar-refractivity contribution < 1.29 is 22.2 Å². The number of nitrogens with two attached hydrogens (primary N) is 2. The van der Waals surface area contributed by atoms with Gasteiger partial charge < -0.3 is 22.6 Å². The molecule has 0 amide bonds. The minimum Gasteiger partial charge on any atom is -1.00 e. The third-order valence-corrected chi connectivity index (χ3v) is 1.69. The summed E-state index contributed by atoms with van der Waals surface area (Å²) >= 11 is 0. The van der Waals surface area contributed by atoms with Crippen LogP contribution in [0.5, 0.6) is 0 Å². The normalized spacial score (nSPS) is 9.54. The Bertz CT molecular complexity index is 478. The van der Waals surface area contributed by atoms with Gasteiger partial charge in [-0.15, -0.1) is 0 Å². The summed E-state index contributed by atoms with van der Waals surface area (Å²) in [7, 11) is 0. The molecule has 0 atom stereocenters. The number of anilines is 1. The summed E-state index contributed by atoms with van der Waals surface area (Å²) in [6.07, 6.45) is 0. The van der Waals surface area contributed by atoms with Crippen molar-refractivity contribution in [2.24, 2.45) is 0 Å². The van der Waals surface area contributed by atoms with Crippen molar-refractivity contribution >= 4 is 16.7 Å². The molecule has 0 spiro atoms. The van der Waals surface area contributed by atoms with Gasteiger partial charge in [-0.05, 0) is 18.2 Å². The van der Waals surface area contributed by atoms with Crippen LogP contribution in [-0.2, 0) is 0 Å². The van der Waals surface area contributed by atoms with E-state index in [1.54, 1.807) is 12.1 Å². The highest BCUT2D eigenvalue weighted by Crippen LogP contribution is 2.14. The lowest BCUT2D eigenvalue weighted by molar-refractivity contribution is -0.197. The molecule has 0 bridgehead atoms. The van der Waals surface area contributed by atoms with E-state index in [2.05, 4.69) is 0 Å². The highest BCUT2D eigenvalue weighted by Gasteiger charge is 1.96. The van der Waals surface area contributed by atoms with E-state index >= 15 is 0 Å². The zero-order chi connectivity index (χ0) is 8.55. The standard InChI is InChI=1S/C9H8N2O.ClH/c10-7-3-1-6-2-4-9(11)12-8(6)5-7;/h1-5,11H,10H2;1H. The molecule has 0 aliphatic heterocycles. The van der Waals surface area contributed by atoms with Gasteiger partial charge in [0.25, 0.3) is 0 Å². The lowest BCUT2D eigenvalue weighted by atomic mass is 10.2. The van der Waals surface area contributed by atoms with E-state index in [0.717, 1.165) is 11.0 Å². The van der Waals surface area contributed by atoms with Gasteiger partial charge in [-0.1, -0.05) is 0 Å². The fraction of sp³-hybridized carbons (Fsp3) is 0. The molecule has 13 heavy (non-hydrogen) atoms. The number of hydrogen-bond acceptors (Lipinski definition) is 2. The number of hydrogen-bond donors (Lipinski definition) is 2. The van der Waals surface area contributed by atoms with Gasteiger partial charge in [0.2, 0.25) is 0 Å². The monoisotopic (exact) mass is 196 g/mol. The van der Waals surface area contributed by atoms with Crippen LogP contribution in [-0.4, -0.2) is 0 Å². The van der Waals surface area contributed by atoms with Crippen molar-refractivity contribution in [3.8, 4) is 0 Å². The van der Waals surface area contributed by atoms with Crippen molar-refractivity contribution in [2.45, 2.75) is 0 Å². The molecule has 2 aromatic rings. The fourth-order valence-corrected chi connectivity index (χ4v) is 1.11. The highest BCUT2D eigenvalue weighted by molar-refractivity contribution is 5.79. The molecule has 3 nitrogen and oxygen atoms in total. The minimum absolute atomic E-state index is 0. The first-order valence-corrected chi connectivity index (χ1v) is 3.63. The summed E-state index contributed by atoms with van der Waals surface area (Å²) in [5.41, 5.74) is 7.36. The van der Waals surface area contributed by atoms with E-state index in [1.165, 1.54) is 0 Å². The number of nitrogen functional groups attached to an aromatic ring is 1. The fourth-order valence-electron chi connectivity index (χ4n) is 1.11. The maximum Gasteiger partial charge on any atom is 0.364 e. The lowest BCUT2D eigenvalue weighted by Crippen LogP contribution is -3.00. The summed E-state index contributed by atoms with van der Waals surface area (Å²) in [4.78, 5) is 0. The third-order valence-electron chi connectivity index (χ3n) is 1.69. The molecule has 0 radical (unpaired) electrons. The Morgan fingerprint density at radius 1 is 1.15 bits per heavy atom. The lowest BCUT2D eigenvalue weighted by Gasteiger charge is -1.95. The Morgan fingerprint density at radius 2 is 1.85 bits per heavy atom. The Kier molecular flexibility index (Phi) is 2.58. The summed E-state index contributed by atoms with van der Waals surface area (Å²) in [5, 5.41) is 6.46. The molecule has 0 saturated carbocycles. The van der Waals surface area contributed by atoms with Crippen LogP contribution < -0.4 is 29.1 Å². The van der Waals surface area contributed by atoms with E-state index in [4.69, 9.17) is 15.6 Å². The van der Waals surface area contributed by atoms with Gasteiger partial charge in [0, 0.05) is 17.1 Å². The molecule has 0 aliphatic rings. The average Bonchev–Trinajstić information content (AvgIpc) is 2.03. The van der Waals surface area contributed by atoms with Crippen LogP contribution in [0.1, 0.15) is 0 Å². The van der Waals surface area contributed by atoms with Crippen LogP contribution in [0.3, 0.4) is 0 Å². The molecule has 4 heteroatoms. The second-order valence-corrected chi connectivity index (χ2v) is 2.64. The summed E-state index contributed by atoms with van der Waals surface area (Å²) in [5.74, 6) is 0. The molecule has 1 heterocycles. The second kappa shape index (κ2) is 3.49. The Morgan fingerprint density at radius 3 is 2.62 bits per heavy atom. The first-order chi connectivity index (χ1) is 5.75. The van der Waals surface area contributed by atoms with E-state index < -0.39 is 0 Å². The SMILES string of the molecule is Nc1ccc2ccc(=[NH2+])oc2c1.[Cl-]. The number of halogens is 1. The van der Waals surface area contributed by atoms with Gasteiger partial charge in [0.15, 0.2) is 0 Å². The molecule has 0 fully saturated rings. The average molecular weight is 197 g/mol. The zero-order valence-corrected chi connectivity index (χ0v) is 7.58. The molecule has 68 valence electrons. The zero-order valence-electron chi connectivity index (χ0n) is 6.83. The number of benzene rings is 1. The van der Waals surface area contributed by atoms with Gasteiger partial charge in [0.1, 0.15) is 5.58 Å². The minimum atomic E-state index is 0. The molecule has 0 aliphatic carbocycles. The van der Waals surface area contributed by atoms with Gasteiger partial charge in [0.05, 0.1) is 6.07 Å². The van der Waals surface area contributed by atoms with Gasteiger partial charge in [-0.2, -0.15) is 0 Å². The van der Waals surface area contributed by atoms with E-state index in [1.807, 2.05) is 18.2 Å². The topological polar surface area (TPSA) is 64.8 Å². The number of fused-ring (bicyclic) bond motifs is 1. The van der Waals surface area contributed by atoms with E-state index in [-0.39, 0.29) is 12.4 Å². The summed E-state index contributed by atoms with van der Waals surface area (Å²) in [6.45, 7) is 0. The van der Waals surface area contributed by atoms with Gasteiger partial charge >= 0.3 is 5.55 Å². The van der Waals surface area contributed by atoms with Crippen LogP contribution in [0.2, 0.25) is 0 Å². The van der Waals surface area contributed by atoms with Crippen LogP contribution in [0.4, 0.5) is 5.69 Å². The first-order valence-electron chi connectivity index (χ1n) is 3.63. The van der Waals surface area contributed by atoms with Crippen molar-refractivity contribution in [1.29, 1.82) is 0 Å².